The van der Waals surface area contributed by atoms with Crippen molar-refractivity contribution < 1.29 is 4.74 Å². The molecular formula is C15H14BrN3O. The summed E-state index contributed by atoms with van der Waals surface area (Å²) in [6.07, 6.45) is 1.87. The van der Waals surface area contributed by atoms with Crippen LogP contribution in [0.2, 0.25) is 0 Å². The van der Waals surface area contributed by atoms with Crippen LogP contribution in [0, 0.1) is 0 Å². The molecular weight excluding hydrogens is 318 g/mol. The number of nitrogen functional groups attached to an aromatic ring is 1. The quantitative estimate of drug-likeness (QED) is 0.795. The van der Waals surface area contributed by atoms with E-state index >= 15 is 0 Å². The smallest absolute Gasteiger partial charge is 0.146 e. The van der Waals surface area contributed by atoms with Gasteiger partial charge >= 0.3 is 0 Å². The number of halogens is 1. The lowest BCUT2D eigenvalue weighted by atomic mass is 10.2. The van der Waals surface area contributed by atoms with Crippen molar-refractivity contribution in [1.82, 2.24) is 9.38 Å². The maximum absolute atomic E-state index is 5.87. The van der Waals surface area contributed by atoms with Gasteiger partial charge in [0.1, 0.15) is 16.2 Å². The first kappa shape index (κ1) is 13.0. The zero-order valence-corrected chi connectivity index (χ0v) is 12.6. The predicted molar refractivity (Wildman–Crippen MR) is 83.9 cm³/mol. The van der Waals surface area contributed by atoms with E-state index in [2.05, 4.69) is 20.9 Å². The van der Waals surface area contributed by atoms with E-state index in [0.717, 1.165) is 27.3 Å². The number of nitrogens with two attached hydrogens (primary N) is 1. The Bertz CT molecular complexity index is 767. The highest BCUT2D eigenvalue weighted by molar-refractivity contribution is 9.10. The Balaban J connectivity index is 2.18. The van der Waals surface area contributed by atoms with E-state index in [1.165, 1.54) is 0 Å². The second-order valence-electron chi connectivity index (χ2n) is 4.40. The number of hydrogen-bond donors (Lipinski definition) is 1. The summed E-state index contributed by atoms with van der Waals surface area (Å²) in [5.74, 6) is 1.67. The number of anilines is 1. The normalized spacial score (nSPS) is 10.9. The van der Waals surface area contributed by atoms with Gasteiger partial charge in [0.25, 0.3) is 0 Å². The van der Waals surface area contributed by atoms with E-state index in [1.807, 2.05) is 53.9 Å². The van der Waals surface area contributed by atoms with Gasteiger partial charge in [0, 0.05) is 17.4 Å². The second-order valence-corrected chi connectivity index (χ2v) is 5.16. The fourth-order valence-electron chi connectivity index (χ4n) is 2.16. The fourth-order valence-corrected chi connectivity index (χ4v) is 2.65. The average molecular weight is 332 g/mol. The number of aromatic nitrogens is 2. The van der Waals surface area contributed by atoms with Crippen molar-refractivity contribution >= 4 is 27.1 Å². The van der Waals surface area contributed by atoms with Gasteiger partial charge in [-0.05, 0) is 47.1 Å². The van der Waals surface area contributed by atoms with Gasteiger partial charge in [-0.2, -0.15) is 0 Å². The number of fused-ring (bicyclic) bond motifs is 1. The van der Waals surface area contributed by atoms with Crippen molar-refractivity contribution in [3.63, 3.8) is 0 Å². The molecule has 2 aromatic heterocycles. The van der Waals surface area contributed by atoms with Crippen molar-refractivity contribution in [3.8, 4) is 17.1 Å². The predicted octanol–water partition coefficient (Wildman–Crippen LogP) is 3.74. The van der Waals surface area contributed by atoms with Gasteiger partial charge in [-0.15, -0.1) is 0 Å². The summed E-state index contributed by atoms with van der Waals surface area (Å²) in [5.41, 5.74) is 8.54. The molecule has 2 N–H and O–H groups in total. The zero-order chi connectivity index (χ0) is 14.1. The first-order chi connectivity index (χ1) is 9.69. The molecule has 0 atom stereocenters. The summed E-state index contributed by atoms with van der Waals surface area (Å²) in [4.78, 5) is 4.57. The third-order valence-electron chi connectivity index (χ3n) is 3.02. The Morgan fingerprint density at radius 1 is 1.30 bits per heavy atom. The molecule has 5 heteroatoms. The average Bonchev–Trinajstić information content (AvgIpc) is 2.76. The summed E-state index contributed by atoms with van der Waals surface area (Å²) >= 11 is 3.48. The van der Waals surface area contributed by atoms with Crippen molar-refractivity contribution in [2.45, 2.75) is 6.92 Å². The zero-order valence-electron chi connectivity index (χ0n) is 11.0. The molecule has 102 valence electrons. The second kappa shape index (κ2) is 5.17. The van der Waals surface area contributed by atoms with Crippen LogP contribution in [0.5, 0.6) is 5.75 Å². The van der Waals surface area contributed by atoms with E-state index in [0.29, 0.717) is 12.3 Å². The molecule has 3 aromatic rings. The number of imidazole rings is 1. The number of pyridine rings is 1. The lowest BCUT2D eigenvalue weighted by molar-refractivity contribution is 0.340. The Labute approximate surface area is 125 Å². The van der Waals surface area contributed by atoms with Gasteiger partial charge in [0.05, 0.1) is 12.1 Å². The standard InChI is InChI=1S/C15H14BrN3O/c1-2-20-12-5-3-4-10(8-12)15-18-14(16)13-7-6-11(17)9-19(13)15/h3-9H,2,17H2,1H3. The molecule has 0 aliphatic heterocycles. The van der Waals surface area contributed by atoms with Gasteiger partial charge in [0.2, 0.25) is 0 Å². The first-order valence-corrected chi connectivity index (χ1v) is 7.14. The lowest BCUT2D eigenvalue weighted by Gasteiger charge is -2.06. The highest BCUT2D eigenvalue weighted by Gasteiger charge is 2.11. The number of hydrogen-bond acceptors (Lipinski definition) is 3. The summed E-state index contributed by atoms with van der Waals surface area (Å²) in [7, 11) is 0. The number of rotatable bonds is 3. The van der Waals surface area contributed by atoms with Crippen molar-refractivity contribution in [1.29, 1.82) is 0 Å². The van der Waals surface area contributed by atoms with Crippen LogP contribution >= 0.6 is 15.9 Å². The largest absolute Gasteiger partial charge is 0.494 e. The van der Waals surface area contributed by atoms with Crippen LogP contribution in [0.1, 0.15) is 6.92 Å². The molecule has 0 aliphatic rings. The fraction of sp³-hybridized carbons (Fsp3) is 0.133. The molecule has 0 spiro atoms. The van der Waals surface area contributed by atoms with Gasteiger partial charge in [-0.25, -0.2) is 4.98 Å². The molecule has 3 rings (SSSR count). The Morgan fingerprint density at radius 3 is 2.95 bits per heavy atom. The van der Waals surface area contributed by atoms with Crippen molar-refractivity contribution in [3.05, 3.63) is 47.2 Å². The van der Waals surface area contributed by atoms with Crippen LogP contribution in [-0.4, -0.2) is 16.0 Å². The first-order valence-electron chi connectivity index (χ1n) is 6.35. The minimum Gasteiger partial charge on any atom is -0.494 e. The molecule has 0 amide bonds. The molecule has 20 heavy (non-hydrogen) atoms. The summed E-state index contributed by atoms with van der Waals surface area (Å²) < 4.78 is 8.31. The van der Waals surface area contributed by atoms with E-state index in [9.17, 15) is 0 Å². The Hall–Kier alpha value is -2.01. The van der Waals surface area contributed by atoms with Crippen LogP contribution in [0.3, 0.4) is 0 Å². The monoisotopic (exact) mass is 331 g/mol. The van der Waals surface area contributed by atoms with Crippen LogP contribution in [-0.2, 0) is 0 Å². The SMILES string of the molecule is CCOc1cccc(-c2nc(Br)c3ccc(N)cn23)c1. The summed E-state index contributed by atoms with van der Waals surface area (Å²) in [6.45, 7) is 2.61. The Kier molecular flexibility index (Phi) is 3.36. The van der Waals surface area contributed by atoms with E-state index < -0.39 is 0 Å². The van der Waals surface area contributed by atoms with Crippen molar-refractivity contribution in [2.75, 3.05) is 12.3 Å². The molecule has 0 radical (unpaired) electrons. The van der Waals surface area contributed by atoms with Crippen LogP contribution in [0.15, 0.2) is 47.2 Å². The molecule has 4 nitrogen and oxygen atoms in total. The Morgan fingerprint density at radius 2 is 2.15 bits per heavy atom. The summed E-state index contributed by atoms with van der Waals surface area (Å²) in [5, 5.41) is 0. The number of nitrogens with zero attached hydrogens (tertiary/aromatic N) is 2. The molecule has 0 saturated heterocycles. The van der Waals surface area contributed by atoms with Gasteiger partial charge < -0.3 is 10.5 Å². The van der Waals surface area contributed by atoms with Crippen LogP contribution < -0.4 is 10.5 Å². The van der Waals surface area contributed by atoms with Crippen LogP contribution in [0.4, 0.5) is 5.69 Å². The highest BCUT2D eigenvalue weighted by Crippen LogP contribution is 2.28. The molecule has 1 aromatic carbocycles. The van der Waals surface area contributed by atoms with Crippen molar-refractivity contribution in [2.24, 2.45) is 0 Å². The minimum absolute atomic E-state index is 0.641. The van der Waals surface area contributed by atoms with Crippen LogP contribution in [0.25, 0.3) is 16.9 Å². The molecule has 0 saturated carbocycles. The topological polar surface area (TPSA) is 52.5 Å². The molecule has 0 aliphatic carbocycles. The molecule has 0 bridgehead atoms. The summed E-state index contributed by atoms with van der Waals surface area (Å²) in [6, 6.07) is 11.7. The molecule has 2 heterocycles. The molecule has 0 fully saturated rings. The number of ether oxygens (including phenoxy) is 1. The van der Waals surface area contributed by atoms with E-state index in [4.69, 9.17) is 10.5 Å². The number of benzene rings is 1. The van der Waals surface area contributed by atoms with Gasteiger partial charge in [-0.1, -0.05) is 12.1 Å². The minimum atomic E-state index is 0.641. The van der Waals surface area contributed by atoms with Gasteiger partial charge in [0.15, 0.2) is 0 Å². The highest BCUT2D eigenvalue weighted by atomic mass is 79.9. The van der Waals surface area contributed by atoms with E-state index in [1.54, 1.807) is 0 Å². The van der Waals surface area contributed by atoms with E-state index in [-0.39, 0.29) is 0 Å². The maximum atomic E-state index is 5.87. The lowest BCUT2D eigenvalue weighted by Crippen LogP contribution is -1.94. The third kappa shape index (κ3) is 2.25. The van der Waals surface area contributed by atoms with Gasteiger partial charge in [-0.3, -0.25) is 4.40 Å². The maximum Gasteiger partial charge on any atom is 0.146 e. The molecule has 0 unspecified atom stereocenters. The third-order valence-corrected chi connectivity index (χ3v) is 3.60.